The average Bonchev–Trinajstić information content (AvgIpc) is 2.79. The summed E-state index contributed by atoms with van der Waals surface area (Å²) in [5.74, 6) is 1.83. The van der Waals surface area contributed by atoms with Crippen LogP contribution in [0.4, 0.5) is 5.69 Å². The molecule has 0 saturated carbocycles. The van der Waals surface area contributed by atoms with E-state index >= 15 is 0 Å². The molecule has 0 radical (unpaired) electrons. The predicted octanol–water partition coefficient (Wildman–Crippen LogP) is 3.28. The molecule has 17 heavy (non-hydrogen) atoms. The average molecular weight is 265 g/mol. The Bertz CT molecular complexity index is 508. The first-order valence-electron chi connectivity index (χ1n) is 5.50. The lowest BCUT2D eigenvalue weighted by molar-refractivity contribution is 0.971. The van der Waals surface area contributed by atoms with Gasteiger partial charge in [-0.1, -0.05) is 30.8 Å². The maximum Gasteiger partial charge on any atom is 0.170 e. The number of rotatable bonds is 4. The van der Waals surface area contributed by atoms with Crippen molar-refractivity contribution in [1.29, 1.82) is 0 Å². The third-order valence-corrected chi connectivity index (χ3v) is 4.52. The summed E-state index contributed by atoms with van der Waals surface area (Å²) >= 11 is 3.20. The van der Waals surface area contributed by atoms with E-state index in [1.165, 1.54) is 22.7 Å². The minimum Gasteiger partial charge on any atom is -0.399 e. The summed E-state index contributed by atoms with van der Waals surface area (Å²) in [6.45, 7) is 4.13. The number of anilines is 1. The van der Waals surface area contributed by atoms with Crippen LogP contribution in [-0.2, 0) is 12.2 Å². The number of aromatic nitrogens is 2. The fourth-order valence-electron chi connectivity index (χ4n) is 1.44. The molecule has 0 aliphatic carbocycles. The second kappa shape index (κ2) is 5.51. The zero-order valence-electron chi connectivity index (χ0n) is 9.93. The van der Waals surface area contributed by atoms with Gasteiger partial charge < -0.3 is 5.73 Å². The Morgan fingerprint density at radius 3 is 2.94 bits per heavy atom. The van der Waals surface area contributed by atoms with E-state index in [0.29, 0.717) is 0 Å². The van der Waals surface area contributed by atoms with Crippen molar-refractivity contribution in [3.63, 3.8) is 0 Å². The smallest absolute Gasteiger partial charge is 0.170 e. The number of nitrogens with zero attached hydrogens (tertiary/aromatic N) is 2. The van der Waals surface area contributed by atoms with E-state index in [1.807, 2.05) is 12.1 Å². The van der Waals surface area contributed by atoms with Gasteiger partial charge in [0, 0.05) is 17.9 Å². The van der Waals surface area contributed by atoms with Crippen LogP contribution in [0, 0.1) is 6.92 Å². The van der Waals surface area contributed by atoms with Gasteiger partial charge in [0.05, 0.1) is 0 Å². The van der Waals surface area contributed by atoms with Crippen LogP contribution in [-0.4, -0.2) is 9.36 Å². The van der Waals surface area contributed by atoms with Gasteiger partial charge in [-0.05, 0) is 35.6 Å². The molecular weight excluding hydrogens is 250 g/mol. The molecule has 0 saturated heterocycles. The van der Waals surface area contributed by atoms with Gasteiger partial charge in [-0.25, -0.2) is 4.98 Å². The number of nitrogen functional groups attached to an aromatic ring is 1. The van der Waals surface area contributed by atoms with Crippen LogP contribution in [0.5, 0.6) is 0 Å². The minimum absolute atomic E-state index is 0.856. The van der Waals surface area contributed by atoms with Crippen LogP contribution in [0.2, 0.25) is 0 Å². The van der Waals surface area contributed by atoms with Crippen molar-refractivity contribution in [2.75, 3.05) is 5.73 Å². The molecule has 0 amide bonds. The van der Waals surface area contributed by atoms with Crippen molar-refractivity contribution in [2.24, 2.45) is 0 Å². The van der Waals surface area contributed by atoms with E-state index in [0.717, 1.165) is 28.0 Å². The molecule has 2 aromatic rings. The van der Waals surface area contributed by atoms with Gasteiger partial charge in [0.25, 0.3) is 0 Å². The molecule has 0 bridgehead atoms. The first-order valence-corrected chi connectivity index (χ1v) is 7.26. The van der Waals surface area contributed by atoms with Crippen LogP contribution in [0.15, 0.2) is 22.5 Å². The molecular formula is C12H15N3S2. The molecule has 90 valence electrons. The van der Waals surface area contributed by atoms with E-state index in [9.17, 15) is 0 Å². The lowest BCUT2D eigenvalue weighted by Gasteiger charge is -2.06. The fourth-order valence-corrected chi connectivity index (χ4v) is 3.20. The number of hydrogen-bond donors (Lipinski definition) is 1. The minimum atomic E-state index is 0.856. The lowest BCUT2D eigenvalue weighted by atomic mass is 10.1. The number of nitrogens with two attached hydrogens (primary N) is 1. The molecule has 1 heterocycles. The number of hydrogen-bond acceptors (Lipinski definition) is 5. The van der Waals surface area contributed by atoms with Crippen molar-refractivity contribution in [2.45, 2.75) is 30.4 Å². The van der Waals surface area contributed by atoms with Gasteiger partial charge in [-0.3, -0.25) is 0 Å². The maximum absolute atomic E-state index is 5.88. The Kier molecular flexibility index (Phi) is 4.02. The third kappa shape index (κ3) is 2.98. The van der Waals surface area contributed by atoms with E-state index in [2.05, 4.69) is 29.3 Å². The van der Waals surface area contributed by atoms with Gasteiger partial charge in [0.1, 0.15) is 5.82 Å². The van der Waals surface area contributed by atoms with Crippen molar-refractivity contribution in [3.05, 3.63) is 35.2 Å². The Hall–Kier alpha value is -1.07. The van der Waals surface area contributed by atoms with Crippen LogP contribution < -0.4 is 5.73 Å². The molecule has 0 atom stereocenters. The van der Waals surface area contributed by atoms with Crippen LogP contribution >= 0.6 is 23.3 Å². The summed E-state index contributed by atoms with van der Waals surface area (Å²) in [5, 5.41) is 0. The number of thioether (sulfide) groups is 1. The van der Waals surface area contributed by atoms with Crippen molar-refractivity contribution < 1.29 is 0 Å². The highest BCUT2D eigenvalue weighted by atomic mass is 32.2. The molecule has 0 spiro atoms. The SMILES string of the molecule is CCc1nsc(SCc2cccc(N)c2C)n1. The topological polar surface area (TPSA) is 51.8 Å². The Labute approximate surface area is 110 Å². The van der Waals surface area contributed by atoms with Crippen LogP contribution in [0.25, 0.3) is 0 Å². The van der Waals surface area contributed by atoms with Crippen molar-refractivity contribution in [1.82, 2.24) is 9.36 Å². The Balaban J connectivity index is 2.04. The Morgan fingerprint density at radius 1 is 1.41 bits per heavy atom. The zero-order valence-corrected chi connectivity index (χ0v) is 11.6. The van der Waals surface area contributed by atoms with Crippen molar-refractivity contribution >= 4 is 29.0 Å². The highest BCUT2D eigenvalue weighted by Crippen LogP contribution is 2.27. The summed E-state index contributed by atoms with van der Waals surface area (Å²) in [5.41, 5.74) is 9.17. The van der Waals surface area contributed by atoms with Crippen LogP contribution in [0.3, 0.4) is 0 Å². The fraction of sp³-hybridized carbons (Fsp3) is 0.333. The van der Waals surface area contributed by atoms with E-state index in [1.54, 1.807) is 11.8 Å². The summed E-state index contributed by atoms with van der Waals surface area (Å²) in [4.78, 5) is 4.44. The van der Waals surface area contributed by atoms with Gasteiger partial charge >= 0.3 is 0 Å². The normalized spacial score (nSPS) is 10.7. The zero-order chi connectivity index (χ0) is 12.3. The molecule has 0 aliphatic rings. The predicted molar refractivity (Wildman–Crippen MR) is 74.4 cm³/mol. The highest BCUT2D eigenvalue weighted by molar-refractivity contribution is 8.00. The van der Waals surface area contributed by atoms with E-state index < -0.39 is 0 Å². The monoisotopic (exact) mass is 265 g/mol. The maximum atomic E-state index is 5.88. The standard InChI is InChI=1S/C12H15N3S2/c1-3-11-14-12(17-15-11)16-7-9-5-4-6-10(13)8(9)2/h4-6H,3,7,13H2,1-2H3. The van der Waals surface area contributed by atoms with E-state index in [-0.39, 0.29) is 0 Å². The third-order valence-electron chi connectivity index (χ3n) is 2.60. The molecule has 3 nitrogen and oxygen atoms in total. The van der Waals surface area contributed by atoms with Crippen molar-refractivity contribution in [3.8, 4) is 0 Å². The Morgan fingerprint density at radius 2 is 2.24 bits per heavy atom. The molecule has 2 N–H and O–H groups in total. The lowest BCUT2D eigenvalue weighted by Crippen LogP contribution is -1.93. The van der Waals surface area contributed by atoms with Gasteiger partial charge in [0.15, 0.2) is 4.34 Å². The summed E-state index contributed by atoms with van der Waals surface area (Å²) in [6, 6.07) is 6.04. The van der Waals surface area contributed by atoms with E-state index in [4.69, 9.17) is 5.73 Å². The number of benzene rings is 1. The number of aryl methyl sites for hydroxylation is 1. The second-order valence-corrected chi connectivity index (χ2v) is 5.72. The highest BCUT2D eigenvalue weighted by Gasteiger charge is 2.06. The van der Waals surface area contributed by atoms with Gasteiger partial charge in [0.2, 0.25) is 0 Å². The van der Waals surface area contributed by atoms with Gasteiger partial charge in [-0.2, -0.15) is 4.37 Å². The first-order chi connectivity index (χ1) is 8.20. The quantitative estimate of drug-likeness (QED) is 0.681. The molecule has 1 aromatic carbocycles. The molecule has 0 unspecified atom stereocenters. The molecule has 2 rings (SSSR count). The molecule has 0 aliphatic heterocycles. The van der Waals surface area contributed by atoms with Gasteiger partial charge in [-0.15, -0.1) is 0 Å². The molecule has 0 fully saturated rings. The molecule has 1 aromatic heterocycles. The summed E-state index contributed by atoms with van der Waals surface area (Å²) < 4.78 is 5.30. The first kappa shape index (κ1) is 12.4. The largest absolute Gasteiger partial charge is 0.399 e. The second-order valence-electron chi connectivity index (χ2n) is 3.75. The summed E-state index contributed by atoms with van der Waals surface area (Å²) in [6.07, 6.45) is 0.897. The molecule has 5 heteroatoms. The summed E-state index contributed by atoms with van der Waals surface area (Å²) in [7, 11) is 0. The van der Waals surface area contributed by atoms with Crippen LogP contribution in [0.1, 0.15) is 23.9 Å².